The van der Waals surface area contributed by atoms with Crippen LogP contribution >= 0.6 is 11.6 Å². The first-order chi connectivity index (χ1) is 27.9. The van der Waals surface area contributed by atoms with Crippen molar-refractivity contribution in [1.29, 1.82) is 0 Å². The normalized spacial score (nSPS) is 16.4. The molecule has 3 aliphatic heterocycles. The number of methoxy groups -OCH3 is 2. The lowest BCUT2D eigenvalue weighted by atomic mass is 10.0. The van der Waals surface area contributed by atoms with E-state index in [9.17, 15) is 19.7 Å². The number of hydrogen-bond donors (Lipinski definition) is 1. The van der Waals surface area contributed by atoms with Crippen LogP contribution < -0.4 is 25.2 Å². The fourth-order valence-electron chi connectivity index (χ4n) is 7.54. The SMILES string of the molecule is COc1cc(OC)c(Cl)c(-c2cc3cnc(Nc4ccc(N5CCOCC5)cn4)nc3n(C3CCN(C(=O)/C=C/C[N+](C)(C)CC4=C([N+](=O)[O-])N=CC4)CC3)c2=O)c1. The number of benzene rings is 1. The molecular weight excluding hydrogens is 768 g/mol. The van der Waals surface area contributed by atoms with E-state index < -0.39 is 4.92 Å². The van der Waals surface area contributed by atoms with Gasteiger partial charge in [-0.15, -0.1) is 0 Å². The van der Waals surface area contributed by atoms with Crippen LogP contribution in [-0.2, 0) is 9.53 Å². The fraction of sp³-hybridized carbons (Fsp3) is 0.400. The number of fused-ring (bicyclic) bond motifs is 1. The molecule has 0 aliphatic carbocycles. The summed E-state index contributed by atoms with van der Waals surface area (Å²) in [5.41, 5.74) is 2.54. The Balaban J connectivity index is 1.14. The van der Waals surface area contributed by atoms with Crippen LogP contribution in [0.2, 0.25) is 5.02 Å². The molecule has 4 aromatic rings. The van der Waals surface area contributed by atoms with Gasteiger partial charge in [-0.2, -0.15) is 4.98 Å². The molecule has 2 saturated heterocycles. The molecule has 2 fully saturated rings. The number of aliphatic imine (C=N–C) groups is 1. The van der Waals surface area contributed by atoms with E-state index in [-0.39, 0.29) is 34.3 Å². The number of carbonyl (C=O) groups excluding carboxylic acids is 1. The molecule has 17 nitrogen and oxygen atoms in total. The molecule has 3 aliphatic rings. The number of quaternary nitrogens is 1. The van der Waals surface area contributed by atoms with Gasteiger partial charge in [0, 0.05) is 73.5 Å². The monoisotopic (exact) mass is 813 g/mol. The maximum absolute atomic E-state index is 14.7. The zero-order valence-corrected chi connectivity index (χ0v) is 33.6. The minimum Gasteiger partial charge on any atom is -0.497 e. The molecule has 1 amide bonds. The number of piperidine rings is 1. The number of likely N-dealkylation sites (tertiary alicyclic amines) is 1. The largest absolute Gasteiger partial charge is 0.497 e. The van der Waals surface area contributed by atoms with Crippen molar-refractivity contribution in [1.82, 2.24) is 24.4 Å². The molecule has 1 aromatic carbocycles. The van der Waals surface area contributed by atoms with E-state index in [0.717, 1.165) is 18.8 Å². The second kappa shape index (κ2) is 17.3. The summed E-state index contributed by atoms with van der Waals surface area (Å²) in [6.45, 7) is 4.67. The zero-order chi connectivity index (χ0) is 41.0. The minimum atomic E-state index is -0.452. The first-order valence-electron chi connectivity index (χ1n) is 19.0. The molecule has 0 saturated carbocycles. The molecule has 3 aromatic heterocycles. The number of anilines is 3. The summed E-state index contributed by atoms with van der Waals surface area (Å²) in [5, 5.41) is 15.4. The van der Waals surface area contributed by atoms with Gasteiger partial charge in [-0.25, -0.2) is 9.97 Å². The van der Waals surface area contributed by atoms with Crippen LogP contribution in [0.5, 0.6) is 11.5 Å². The number of nitrogens with zero attached hydrogens (tertiary/aromatic N) is 9. The summed E-state index contributed by atoms with van der Waals surface area (Å²) in [4.78, 5) is 60.9. The quantitative estimate of drug-likeness (QED) is 0.0840. The number of aromatic nitrogens is 4. The van der Waals surface area contributed by atoms with Gasteiger partial charge in [0.25, 0.3) is 5.56 Å². The maximum atomic E-state index is 14.7. The summed E-state index contributed by atoms with van der Waals surface area (Å²) in [6, 6.07) is 8.62. The standard InChI is InChI=1S/C40H45ClN10O7/c1-51(2,25-26-9-12-42-37(26)50(54)55)17-5-6-35(52)48-13-10-28(11-14-48)49-38-27(20-32(39(49)53)31-21-30(56-3)22-33(57-4)36(31)41)23-44-40(46-38)45-34-8-7-29(24-43-34)47-15-18-58-19-16-47/h5-8,12,20-24,28H,9-11,13-19,25H2,1-4H3/p+1/b6-5+. The molecular formula is C40H46ClN10O7+. The number of rotatable bonds is 13. The number of halogens is 1. The summed E-state index contributed by atoms with van der Waals surface area (Å²) < 4.78 is 18.6. The van der Waals surface area contributed by atoms with Crippen molar-refractivity contribution >= 4 is 52.2 Å². The highest BCUT2D eigenvalue weighted by molar-refractivity contribution is 6.35. The Hall–Kier alpha value is -5.91. The third kappa shape index (κ3) is 8.80. The Bertz CT molecular complexity index is 2350. The van der Waals surface area contributed by atoms with E-state index in [0.29, 0.717) is 108 Å². The van der Waals surface area contributed by atoms with Crippen molar-refractivity contribution in [3.05, 3.63) is 91.8 Å². The second-order valence-corrected chi connectivity index (χ2v) is 15.3. The summed E-state index contributed by atoms with van der Waals surface area (Å²) in [6.07, 6.45) is 9.81. The molecule has 0 spiro atoms. The van der Waals surface area contributed by atoms with E-state index in [1.165, 1.54) is 14.2 Å². The molecule has 58 heavy (non-hydrogen) atoms. The average molecular weight is 814 g/mol. The third-order valence-corrected chi connectivity index (χ3v) is 10.9. The number of carbonyl (C=O) groups is 1. The molecule has 18 heteroatoms. The van der Waals surface area contributed by atoms with Crippen molar-refractivity contribution < 1.29 is 28.4 Å². The smallest absolute Gasteiger partial charge is 0.368 e. The Labute approximate surface area is 340 Å². The molecule has 0 atom stereocenters. The van der Waals surface area contributed by atoms with Gasteiger partial charge in [0.1, 0.15) is 35.7 Å². The number of nitrogens with one attached hydrogen (secondary N) is 1. The van der Waals surface area contributed by atoms with Crippen LogP contribution in [0.15, 0.2) is 76.1 Å². The molecule has 0 bridgehead atoms. The molecule has 0 radical (unpaired) electrons. The lowest BCUT2D eigenvalue weighted by Crippen LogP contribution is -2.42. The number of amides is 1. The highest BCUT2D eigenvalue weighted by Gasteiger charge is 2.30. The highest BCUT2D eigenvalue weighted by Crippen LogP contribution is 2.39. The lowest BCUT2D eigenvalue weighted by molar-refractivity contribution is -0.880. The molecule has 304 valence electrons. The van der Waals surface area contributed by atoms with Crippen molar-refractivity contribution in [3.8, 4) is 22.6 Å². The van der Waals surface area contributed by atoms with E-state index in [2.05, 4.69) is 25.2 Å². The predicted octanol–water partition coefficient (Wildman–Crippen LogP) is 4.86. The number of ether oxygens (including phenoxy) is 3. The predicted molar refractivity (Wildman–Crippen MR) is 221 cm³/mol. The molecule has 1 N–H and O–H groups in total. The van der Waals surface area contributed by atoms with Gasteiger partial charge in [-0.3, -0.25) is 14.2 Å². The second-order valence-electron chi connectivity index (χ2n) is 15.0. The number of nitro groups is 1. The number of hydrogen-bond acceptors (Lipinski definition) is 13. The number of morpholine rings is 1. The Morgan fingerprint density at radius 1 is 1.07 bits per heavy atom. The van der Waals surface area contributed by atoms with Crippen molar-refractivity contribution in [2.75, 3.05) is 91.0 Å². The topological polar surface area (TPSA) is 179 Å². The average Bonchev–Trinajstić information content (AvgIpc) is 3.69. The Kier molecular flexibility index (Phi) is 12.0. The first kappa shape index (κ1) is 40.3. The van der Waals surface area contributed by atoms with E-state index in [1.54, 1.807) is 58.4 Å². The summed E-state index contributed by atoms with van der Waals surface area (Å²) in [5.74, 6) is 1.41. The van der Waals surface area contributed by atoms with Crippen LogP contribution in [0, 0.1) is 10.1 Å². The molecule has 6 heterocycles. The summed E-state index contributed by atoms with van der Waals surface area (Å²) >= 11 is 6.82. The maximum Gasteiger partial charge on any atom is 0.368 e. The van der Waals surface area contributed by atoms with Crippen LogP contribution in [0.3, 0.4) is 0 Å². The van der Waals surface area contributed by atoms with Crippen molar-refractivity contribution in [2.45, 2.75) is 25.3 Å². The fourth-order valence-corrected chi connectivity index (χ4v) is 7.82. The zero-order valence-electron chi connectivity index (χ0n) is 32.9. The summed E-state index contributed by atoms with van der Waals surface area (Å²) in [7, 11) is 6.94. The Morgan fingerprint density at radius 3 is 2.53 bits per heavy atom. The van der Waals surface area contributed by atoms with E-state index >= 15 is 0 Å². The Morgan fingerprint density at radius 2 is 1.84 bits per heavy atom. The third-order valence-electron chi connectivity index (χ3n) is 10.6. The van der Waals surface area contributed by atoms with Gasteiger partial charge >= 0.3 is 5.82 Å². The van der Waals surface area contributed by atoms with Crippen LogP contribution in [-0.4, -0.2) is 127 Å². The van der Waals surface area contributed by atoms with Gasteiger partial charge < -0.3 is 43.9 Å². The first-order valence-corrected chi connectivity index (χ1v) is 19.4. The number of pyridine rings is 2. The molecule has 0 unspecified atom stereocenters. The van der Waals surface area contributed by atoms with Crippen LogP contribution in [0.4, 0.5) is 17.5 Å². The van der Waals surface area contributed by atoms with E-state index in [4.69, 9.17) is 30.8 Å². The van der Waals surface area contributed by atoms with Gasteiger partial charge in [0.2, 0.25) is 11.9 Å². The lowest BCUT2D eigenvalue weighted by Gasteiger charge is -2.33. The van der Waals surface area contributed by atoms with Gasteiger partial charge in [-0.05, 0) is 48.1 Å². The van der Waals surface area contributed by atoms with E-state index in [1.807, 2.05) is 26.2 Å². The minimum absolute atomic E-state index is 0.0942. The van der Waals surface area contributed by atoms with Gasteiger partial charge in [0.15, 0.2) is 0 Å². The van der Waals surface area contributed by atoms with Gasteiger partial charge in [-0.1, -0.05) is 16.6 Å². The van der Waals surface area contributed by atoms with Crippen molar-refractivity contribution in [3.63, 3.8) is 0 Å². The van der Waals surface area contributed by atoms with Crippen LogP contribution in [0.1, 0.15) is 25.3 Å². The van der Waals surface area contributed by atoms with Crippen LogP contribution in [0.25, 0.3) is 22.2 Å². The van der Waals surface area contributed by atoms with Crippen molar-refractivity contribution in [2.24, 2.45) is 4.99 Å². The molecule has 7 rings (SSSR count). The number of likely N-dealkylation sites (N-methyl/N-ethyl adjacent to an activating group) is 1. The van der Waals surface area contributed by atoms with Gasteiger partial charge in [0.05, 0.1) is 70.6 Å². The highest BCUT2D eigenvalue weighted by atomic mass is 35.5.